The quantitative estimate of drug-likeness (QED) is 0.0712. The third-order valence-corrected chi connectivity index (χ3v) is 8.30. The number of carbonyl (C=O) groups excluding carboxylic acids is 3. The second-order valence-corrected chi connectivity index (χ2v) is 12.4. The van der Waals surface area contributed by atoms with Crippen LogP contribution in [0, 0.1) is 8.73 Å². The first-order valence-electron chi connectivity index (χ1n) is 10.7. The molecule has 3 aromatic rings. The maximum Gasteiger partial charge on any atom is 0.311 e. The molecule has 2 aromatic carbocycles. The normalized spacial score (nSPS) is 10.9. The summed E-state index contributed by atoms with van der Waals surface area (Å²) in [5.41, 5.74) is 1.13. The molecule has 0 unspecified atom stereocenters. The van der Waals surface area contributed by atoms with Gasteiger partial charge in [-0.25, -0.2) is 0 Å². The van der Waals surface area contributed by atoms with Gasteiger partial charge in [0.15, 0.2) is 0 Å². The molecule has 0 radical (unpaired) electrons. The van der Waals surface area contributed by atoms with Crippen LogP contribution >= 0.6 is 44.8 Å². The molecule has 0 saturated carbocycles. The van der Waals surface area contributed by atoms with Gasteiger partial charge in [-0.05, 0) is 61.9 Å². The van der Waals surface area contributed by atoms with E-state index in [1.807, 2.05) is 18.2 Å². The standard InChI is InChI=1S/C24H22N2O6S4/c1-24(2,36-26-30)14-25-23(29)17-5-3-4-6-18(17)32-21(28)12-11-20(27)31-16-9-7-15(8-10-16)19-13-22(33)35-34-19/h3-10,13H,11-12,14H2,1-2H3,(H,25,29). The third kappa shape index (κ3) is 8.33. The van der Waals surface area contributed by atoms with Crippen molar-refractivity contribution < 1.29 is 23.9 Å². The Kier molecular flexibility index (Phi) is 9.88. The number of para-hydroxylation sites is 1. The highest BCUT2D eigenvalue weighted by atomic mass is 32.9. The Morgan fingerprint density at radius 1 is 1.00 bits per heavy atom. The lowest BCUT2D eigenvalue weighted by Crippen LogP contribution is -2.36. The highest BCUT2D eigenvalue weighted by Crippen LogP contribution is 2.30. The van der Waals surface area contributed by atoms with Crippen molar-refractivity contribution in [3.8, 4) is 21.9 Å². The van der Waals surface area contributed by atoms with Crippen molar-refractivity contribution in [1.82, 2.24) is 5.32 Å². The zero-order valence-electron chi connectivity index (χ0n) is 19.3. The summed E-state index contributed by atoms with van der Waals surface area (Å²) in [5, 5.41) is 2.70. The molecule has 12 heteroatoms. The summed E-state index contributed by atoms with van der Waals surface area (Å²) in [6.45, 7) is 3.71. The van der Waals surface area contributed by atoms with E-state index >= 15 is 0 Å². The Hall–Kier alpha value is -2.93. The van der Waals surface area contributed by atoms with Crippen molar-refractivity contribution in [3.63, 3.8) is 0 Å². The fraction of sp³-hybridized carbons (Fsp3) is 0.250. The molecule has 1 heterocycles. The van der Waals surface area contributed by atoms with Gasteiger partial charge in [-0.1, -0.05) is 45.0 Å². The number of nitrogens with one attached hydrogen (secondary N) is 1. The van der Waals surface area contributed by atoms with Gasteiger partial charge in [0, 0.05) is 28.0 Å². The lowest BCUT2D eigenvalue weighted by molar-refractivity contribution is -0.140. The summed E-state index contributed by atoms with van der Waals surface area (Å²) < 4.78 is 13.6. The Labute approximate surface area is 224 Å². The number of amides is 1. The van der Waals surface area contributed by atoms with Gasteiger partial charge in [-0.15, -0.1) is 4.91 Å². The summed E-state index contributed by atoms with van der Waals surface area (Å²) in [6, 6.07) is 15.2. The second kappa shape index (κ2) is 12.9. The molecule has 188 valence electrons. The summed E-state index contributed by atoms with van der Waals surface area (Å²) in [5.74, 6) is -1.29. The van der Waals surface area contributed by atoms with E-state index in [2.05, 4.69) is 9.90 Å². The van der Waals surface area contributed by atoms with Crippen LogP contribution in [0.15, 0.2) is 59.2 Å². The minimum Gasteiger partial charge on any atom is -0.427 e. The average Bonchev–Trinajstić information content (AvgIpc) is 3.28. The van der Waals surface area contributed by atoms with Crippen LogP contribution in [-0.4, -0.2) is 29.1 Å². The van der Waals surface area contributed by atoms with Crippen molar-refractivity contribution in [1.29, 1.82) is 0 Å². The van der Waals surface area contributed by atoms with Gasteiger partial charge in [0.2, 0.25) is 0 Å². The molecule has 36 heavy (non-hydrogen) atoms. The molecule has 1 amide bonds. The van der Waals surface area contributed by atoms with E-state index in [0.29, 0.717) is 5.75 Å². The van der Waals surface area contributed by atoms with Gasteiger partial charge in [-0.2, -0.15) is 0 Å². The average molecular weight is 563 g/mol. The van der Waals surface area contributed by atoms with Crippen molar-refractivity contribution in [3.05, 3.63) is 68.9 Å². The Balaban J connectivity index is 1.50. The lowest BCUT2D eigenvalue weighted by atomic mass is 10.1. The number of nitrogens with zero attached hydrogens (tertiary/aromatic N) is 1. The van der Waals surface area contributed by atoms with Crippen molar-refractivity contribution in [2.45, 2.75) is 31.4 Å². The molecule has 8 nitrogen and oxygen atoms in total. The predicted molar refractivity (Wildman–Crippen MR) is 145 cm³/mol. The van der Waals surface area contributed by atoms with Gasteiger partial charge >= 0.3 is 11.9 Å². The summed E-state index contributed by atoms with van der Waals surface area (Å²) in [4.78, 5) is 48.7. The van der Waals surface area contributed by atoms with Crippen molar-refractivity contribution in [2.75, 3.05) is 6.54 Å². The molecule has 0 aliphatic heterocycles. The molecule has 0 aliphatic carbocycles. The van der Waals surface area contributed by atoms with E-state index in [1.54, 1.807) is 48.5 Å². The first-order chi connectivity index (χ1) is 17.2. The summed E-state index contributed by atoms with van der Waals surface area (Å²) in [6.07, 6.45) is -0.412. The Morgan fingerprint density at radius 2 is 1.67 bits per heavy atom. The number of carbonyl (C=O) groups is 3. The van der Waals surface area contributed by atoms with Crippen LogP contribution in [0.1, 0.15) is 37.0 Å². The Morgan fingerprint density at radius 3 is 2.31 bits per heavy atom. The number of hydrogen-bond donors (Lipinski definition) is 1. The van der Waals surface area contributed by atoms with E-state index < -0.39 is 22.6 Å². The highest BCUT2D eigenvalue weighted by molar-refractivity contribution is 7.99. The lowest BCUT2D eigenvalue weighted by Gasteiger charge is -2.20. The molecule has 0 aliphatic rings. The first kappa shape index (κ1) is 27.7. The zero-order chi connectivity index (χ0) is 26.1. The number of ether oxygens (including phenoxy) is 2. The van der Waals surface area contributed by atoms with E-state index in [9.17, 15) is 19.3 Å². The van der Waals surface area contributed by atoms with E-state index in [-0.39, 0.29) is 30.7 Å². The molecule has 3 rings (SSSR count). The fourth-order valence-electron chi connectivity index (χ4n) is 2.88. The van der Waals surface area contributed by atoms with Gasteiger partial charge < -0.3 is 14.8 Å². The minimum atomic E-state index is -0.678. The van der Waals surface area contributed by atoms with Crippen molar-refractivity contribution in [2.24, 2.45) is 4.58 Å². The fourth-order valence-corrected chi connectivity index (χ4v) is 5.63. The third-order valence-electron chi connectivity index (χ3n) is 4.68. The van der Waals surface area contributed by atoms with Crippen LogP contribution in [0.3, 0.4) is 0 Å². The van der Waals surface area contributed by atoms with Crippen LogP contribution in [0.5, 0.6) is 11.5 Å². The number of hydrogen-bond acceptors (Lipinski definition) is 11. The topological polar surface area (TPSA) is 111 Å². The number of rotatable bonds is 11. The molecule has 0 atom stereocenters. The molecule has 0 fully saturated rings. The van der Waals surface area contributed by atoms with Crippen LogP contribution < -0.4 is 14.8 Å². The largest absolute Gasteiger partial charge is 0.427 e. The number of nitroso groups, excluding NO2 is 1. The molecule has 0 spiro atoms. The smallest absolute Gasteiger partial charge is 0.311 e. The molecule has 0 saturated heterocycles. The van der Waals surface area contributed by atoms with Crippen LogP contribution in [-0.2, 0) is 9.59 Å². The van der Waals surface area contributed by atoms with Gasteiger partial charge in [-0.3, -0.25) is 14.4 Å². The van der Waals surface area contributed by atoms with E-state index in [0.717, 1.165) is 26.2 Å². The zero-order valence-corrected chi connectivity index (χ0v) is 22.6. The predicted octanol–water partition coefficient (Wildman–Crippen LogP) is 6.42. The molecular formula is C24H22N2O6S4. The van der Waals surface area contributed by atoms with Gasteiger partial charge in [0.1, 0.15) is 15.3 Å². The monoisotopic (exact) mass is 562 g/mol. The van der Waals surface area contributed by atoms with Gasteiger partial charge in [0.25, 0.3) is 5.91 Å². The maximum atomic E-state index is 12.6. The number of esters is 2. The highest BCUT2D eigenvalue weighted by Gasteiger charge is 2.23. The maximum absolute atomic E-state index is 12.6. The molecule has 1 N–H and O–H groups in total. The van der Waals surface area contributed by atoms with E-state index in [4.69, 9.17) is 21.7 Å². The molecule has 1 aromatic heterocycles. The summed E-state index contributed by atoms with van der Waals surface area (Å²) in [7, 11) is 3.10. The molecular weight excluding hydrogens is 541 g/mol. The number of benzene rings is 2. The van der Waals surface area contributed by atoms with Crippen LogP contribution in [0.2, 0.25) is 0 Å². The summed E-state index contributed by atoms with van der Waals surface area (Å²) >= 11 is 5.97. The minimum absolute atomic E-state index is 0.0691. The second-order valence-electron chi connectivity index (χ2n) is 8.07. The van der Waals surface area contributed by atoms with Crippen LogP contribution in [0.25, 0.3) is 10.4 Å². The van der Waals surface area contributed by atoms with E-state index in [1.165, 1.54) is 22.5 Å². The van der Waals surface area contributed by atoms with Crippen molar-refractivity contribution >= 4 is 62.7 Å². The molecule has 0 bridgehead atoms. The first-order valence-corrected chi connectivity index (χ1v) is 14.0. The van der Waals surface area contributed by atoms with Crippen LogP contribution in [0.4, 0.5) is 0 Å². The van der Waals surface area contributed by atoms with Gasteiger partial charge in [0.05, 0.1) is 23.2 Å². The SMILES string of the molecule is CC(C)(CNC(=O)c1ccccc1OC(=O)CCC(=O)Oc1ccc(-c2cc(=S)ss2)cc1)SN=O. The Bertz CT molecular complexity index is 1300.